The van der Waals surface area contributed by atoms with Gasteiger partial charge in [0, 0.05) is 0 Å². The maximum Gasteiger partial charge on any atom is -0.0178 e. The Labute approximate surface area is 114 Å². The minimum Gasteiger partial charge on any atom is -0.0871 e. The van der Waals surface area contributed by atoms with E-state index >= 15 is 0 Å². The van der Waals surface area contributed by atoms with Crippen molar-refractivity contribution in [3.63, 3.8) is 0 Å². The molecule has 3 rings (SSSR count). The van der Waals surface area contributed by atoms with Crippen LogP contribution in [0.15, 0.2) is 72.8 Å². The van der Waals surface area contributed by atoms with E-state index in [0.29, 0.717) is 0 Å². The molecule has 0 aliphatic rings. The Balaban J connectivity index is 2.03. The van der Waals surface area contributed by atoms with Gasteiger partial charge < -0.3 is 0 Å². The van der Waals surface area contributed by atoms with Crippen molar-refractivity contribution >= 4 is 16.8 Å². The van der Waals surface area contributed by atoms with Crippen LogP contribution in [0.4, 0.5) is 0 Å². The summed E-state index contributed by atoms with van der Waals surface area (Å²) in [6, 6.07) is 23.8. The van der Waals surface area contributed by atoms with Crippen molar-refractivity contribution in [1.29, 1.82) is 0 Å². The van der Waals surface area contributed by atoms with E-state index < -0.39 is 0 Å². The summed E-state index contributed by atoms with van der Waals surface area (Å²) >= 11 is 0. The Bertz CT molecular complexity index is 718. The third kappa shape index (κ3) is 2.43. The number of benzene rings is 3. The van der Waals surface area contributed by atoms with E-state index in [2.05, 4.69) is 78.9 Å². The van der Waals surface area contributed by atoms with Crippen LogP contribution in [0.5, 0.6) is 0 Å². The van der Waals surface area contributed by atoms with Crippen molar-refractivity contribution < 1.29 is 0 Å². The highest BCUT2D eigenvalue weighted by molar-refractivity contribution is 5.87. The maximum absolute atomic E-state index is 2.25. The lowest BCUT2D eigenvalue weighted by atomic mass is 10.0. The van der Waals surface area contributed by atoms with Crippen molar-refractivity contribution in [1.82, 2.24) is 0 Å². The molecule has 0 saturated carbocycles. The summed E-state index contributed by atoms with van der Waals surface area (Å²) in [6.45, 7) is 2.04. The molecule has 0 aliphatic carbocycles. The zero-order valence-electron chi connectivity index (χ0n) is 11.0. The summed E-state index contributed by atoms with van der Waals surface area (Å²) in [7, 11) is 0. The number of hydrogen-bond acceptors (Lipinski definition) is 0. The number of allylic oxidation sites excluding steroid dienone is 1. The molecule has 0 atom stereocenters. The average Bonchev–Trinajstić information content (AvgIpc) is 2.48. The van der Waals surface area contributed by atoms with E-state index in [1.54, 1.807) is 0 Å². The van der Waals surface area contributed by atoms with Gasteiger partial charge in [0.1, 0.15) is 0 Å². The van der Waals surface area contributed by atoms with Crippen LogP contribution in [0.25, 0.3) is 28.0 Å². The van der Waals surface area contributed by atoms with Crippen molar-refractivity contribution in [3.8, 4) is 11.1 Å². The molecule has 0 amide bonds. The Kier molecular flexibility index (Phi) is 3.16. The third-order valence-electron chi connectivity index (χ3n) is 3.35. The highest BCUT2D eigenvalue weighted by Crippen LogP contribution is 2.24. The quantitative estimate of drug-likeness (QED) is 0.555. The van der Waals surface area contributed by atoms with Gasteiger partial charge in [-0.25, -0.2) is 0 Å². The normalized spacial score (nSPS) is 11.2. The molecule has 0 N–H and O–H groups in total. The summed E-state index contributed by atoms with van der Waals surface area (Å²) in [5.74, 6) is 0. The van der Waals surface area contributed by atoms with Crippen LogP contribution in [0.3, 0.4) is 0 Å². The predicted octanol–water partition coefficient (Wildman–Crippen LogP) is 5.54. The molecular weight excluding hydrogens is 228 g/mol. The van der Waals surface area contributed by atoms with E-state index in [9.17, 15) is 0 Å². The largest absolute Gasteiger partial charge is 0.0871 e. The molecular formula is C19H16. The standard InChI is InChI=1S/C19H16/c1-2-5-15-8-10-17(11-9-15)19-13-12-16-6-3-4-7-18(16)14-19/h2-14H,1H3/b5-2+. The Morgan fingerprint density at radius 2 is 1.37 bits per heavy atom. The average molecular weight is 244 g/mol. The lowest BCUT2D eigenvalue weighted by molar-refractivity contribution is 1.61. The number of rotatable bonds is 2. The fourth-order valence-corrected chi connectivity index (χ4v) is 2.35. The van der Waals surface area contributed by atoms with Crippen LogP contribution in [0.2, 0.25) is 0 Å². The van der Waals surface area contributed by atoms with Crippen molar-refractivity contribution in [2.24, 2.45) is 0 Å². The van der Waals surface area contributed by atoms with Crippen LogP contribution in [0.1, 0.15) is 12.5 Å². The van der Waals surface area contributed by atoms with E-state index in [-0.39, 0.29) is 0 Å². The van der Waals surface area contributed by atoms with Gasteiger partial charge in [0.25, 0.3) is 0 Å². The molecule has 0 nitrogen and oxygen atoms in total. The first-order valence-corrected chi connectivity index (χ1v) is 6.59. The van der Waals surface area contributed by atoms with Crippen molar-refractivity contribution in [3.05, 3.63) is 78.4 Å². The third-order valence-corrected chi connectivity index (χ3v) is 3.35. The maximum atomic E-state index is 2.25. The van der Waals surface area contributed by atoms with Crippen LogP contribution in [-0.4, -0.2) is 0 Å². The molecule has 3 aromatic rings. The summed E-state index contributed by atoms with van der Waals surface area (Å²) in [6.07, 6.45) is 4.18. The lowest BCUT2D eigenvalue weighted by Gasteiger charge is -2.04. The van der Waals surface area contributed by atoms with E-state index in [1.165, 1.54) is 27.5 Å². The van der Waals surface area contributed by atoms with Gasteiger partial charge in [0.05, 0.1) is 0 Å². The minimum atomic E-state index is 1.24. The zero-order valence-corrected chi connectivity index (χ0v) is 11.0. The van der Waals surface area contributed by atoms with E-state index in [0.717, 1.165) is 0 Å². The molecule has 19 heavy (non-hydrogen) atoms. The fraction of sp³-hybridized carbons (Fsp3) is 0.0526. The molecule has 0 unspecified atom stereocenters. The molecule has 0 fully saturated rings. The first-order valence-electron chi connectivity index (χ1n) is 6.59. The SMILES string of the molecule is C/C=C/c1ccc(-c2ccc3ccccc3c2)cc1. The second kappa shape index (κ2) is 5.11. The molecule has 0 heteroatoms. The van der Waals surface area contributed by atoms with Gasteiger partial charge in [-0.05, 0) is 40.5 Å². The second-order valence-electron chi connectivity index (χ2n) is 4.68. The van der Waals surface area contributed by atoms with Crippen LogP contribution in [-0.2, 0) is 0 Å². The molecule has 0 spiro atoms. The van der Waals surface area contributed by atoms with Gasteiger partial charge in [-0.1, -0.05) is 72.8 Å². The van der Waals surface area contributed by atoms with Gasteiger partial charge in [0.15, 0.2) is 0 Å². The smallest absolute Gasteiger partial charge is 0.0178 e. The molecule has 0 aliphatic heterocycles. The van der Waals surface area contributed by atoms with E-state index in [4.69, 9.17) is 0 Å². The lowest BCUT2D eigenvalue weighted by Crippen LogP contribution is -1.79. The van der Waals surface area contributed by atoms with Gasteiger partial charge in [-0.3, -0.25) is 0 Å². The van der Waals surface area contributed by atoms with Gasteiger partial charge >= 0.3 is 0 Å². The Hall–Kier alpha value is -2.34. The molecule has 0 heterocycles. The highest BCUT2D eigenvalue weighted by Gasteiger charge is 1.99. The van der Waals surface area contributed by atoms with Gasteiger partial charge in [0.2, 0.25) is 0 Å². The second-order valence-corrected chi connectivity index (χ2v) is 4.68. The topological polar surface area (TPSA) is 0 Å². The summed E-state index contributed by atoms with van der Waals surface area (Å²) in [5.41, 5.74) is 3.77. The Morgan fingerprint density at radius 3 is 2.11 bits per heavy atom. The minimum absolute atomic E-state index is 1.24. The first kappa shape index (κ1) is 11.7. The predicted molar refractivity (Wildman–Crippen MR) is 84.1 cm³/mol. The fourth-order valence-electron chi connectivity index (χ4n) is 2.35. The van der Waals surface area contributed by atoms with Crippen LogP contribution < -0.4 is 0 Å². The Morgan fingerprint density at radius 1 is 0.684 bits per heavy atom. The number of fused-ring (bicyclic) bond motifs is 1. The van der Waals surface area contributed by atoms with Gasteiger partial charge in [-0.15, -0.1) is 0 Å². The summed E-state index contributed by atoms with van der Waals surface area (Å²) in [4.78, 5) is 0. The molecule has 0 radical (unpaired) electrons. The number of hydrogen-bond donors (Lipinski definition) is 0. The monoisotopic (exact) mass is 244 g/mol. The molecule has 3 aromatic carbocycles. The van der Waals surface area contributed by atoms with Crippen molar-refractivity contribution in [2.45, 2.75) is 6.92 Å². The highest BCUT2D eigenvalue weighted by atomic mass is 14.0. The van der Waals surface area contributed by atoms with Crippen LogP contribution >= 0.6 is 0 Å². The zero-order chi connectivity index (χ0) is 13.1. The van der Waals surface area contributed by atoms with Crippen molar-refractivity contribution in [2.75, 3.05) is 0 Å². The molecule has 0 saturated heterocycles. The van der Waals surface area contributed by atoms with E-state index in [1.807, 2.05) is 6.92 Å². The molecule has 92 valence electrons. The van der Waals surface area contributed by atoms with Gasteiger partial charge in [-0.2, -0.15) is 0 Å². The molecule has 0 bridgehead atoms. The molecule has 0 aromatic heterocycles. The first-order chi connectivity index (χ1) is 9.36. The van der Waals surface area contributed by atoms with Crippen LogP contribution in [0, 0.1) is 0 Å². The summed E-state index contributed by atoms with van der Waals surface area (Å²) < 4.78 is 0. The summed E-state index contributed by atoms with van der Waals surface area (Å²) in [5, 5.41) is 2.58.